The number of anilines is 1. The predicted octanol–water partition coefficient (Wildman–Crippen LogP) is 3.14. The van der Waals surface area contributed by atoms with E-state index in [0.29, 0.717) is 17.3 Å². The monoisotopic (exact) mass is 354 g/mol. The molecule has 6 nitrogen and oxygen atoms in total. The molecule has 126 valence electrons. The van der Waals surface area contributed by atoms with Gasteiger partial charge in [0.25, 0.3) is 11.8 Å². The summed E-state index contributed by atoms with van der Waals surface area (Å²) in [5.74, 6) is -0.693. The number of carbonyl (C=O) groups is 2. The number of benzene rings is 2. The highest BCUT2D eigenvalue weighted by Crippen LogP contribution is 2.33. The third-order valence-corrected chi connectivity index (χ3v) is 4.62. The van der Waals surface area contributed by atoms with E-state index >= 15 is 0 Å². The van der Waals surface area contributed by atoms with Gasteiger partial charge in [-0.25, -0.2) is 4.90 Å². The molecule has 2 unspecified atom stereocenters. The number of hydrogen-bond donors (Lipinski definition) is 0. The fourth-order valence-corrected chi connectivity index (χ4v) is 3.29. The number of fused-ring (bicyclic) bond motifs is 1. The van der Waals surface area contributed by atoms with Gasteiger partial charge in [0.2, 0.25) is 0 Å². The molecule has 2 aromatic carbocycles. The normalized spacial score (nSPS) is 22.0. The van der Waals surface area contributed by atoms with Crippen molar-refractivity contribution in [3.63, 3.8) is 0 Å². The van der Waals surface area contributed by atoms with Crippen molar-refractivity contribution in [2.24, 2.45) is 10.3 Å². The maximum atomic E-state index is 12.9. The first-order chi connectivity index (χ1) is 12.0. The Balaban J connectivity index is 1.60. The van der Waals surface area contributed by atoms with E-state index in [1.54, 1.807) is 29.3 Å². The fourth-order valence-electron chi connectivity index (χ4n) is 3.10. The zero-order valence-electron chi connectivity index (χ0n) is 13.5. The number of amides is 2. The Bertz CT molecular complexity index is 881. The number of hydrogen-bond acceptors (Lipinski definition) is 5. The van der Waals surface area contributed by atoms with Crippen LogP contribution in [-0.4, -0.2) is 28.9 Å². The SMILES string of the molecule is Cc1ccc(CN2N=NC3C(=O)N(c4cccc(Cl)c4)C(=O)C32)cc1. The Morgan fingerprint density at radius 3 is 2.56 bits per heavy atom. The second-order valence-electron chi connectivity index (χ2n) is 6.17. The summed E-state index contributed by atoms with van der Waals surface area (Å²) in [5.41, 5.74) is 2.62. The Kier molecular flexibility index (Phi) is 3.77. The average Bonchev–Trinajstić information content (AvgIpc) is 3.10. The van der Waals surface area contributed by atoms with Crippen LogP contribution >= 0.6 is 11.6 Å². The van der Waals surface area contributed by atoms with E-state index in [9.17, 15) is 9.59 Å². The zero-order chi connectivity index (χ0) is 17.6. The molecule has 0 aromatic heterocycles. The third kappa shape index (κ3) is 2.68. The highest BCUT2D eigenvalue weighted by Gasteiger charge is 2.54. The molecule has 0 aliphatic carbocycles. The van der Waals surface area contributed by atoms with Gasteiger partial charge in [0.1, 0.15) is 0 Å². The molecular formula is C18H15ClN4O2. The molecular weight excluding hydrogens is 340 g/mol. The molecule has 2 aromatic rings. The Morgan fingerprint density at radius 1 is 1.08 bits per heavy atom. The van der Waals surface area contributed by atoms with Crippen molar-refractivity contribution < 1.29 is 9.59 Å². The van der Waals surface area contributed by atoms with E-state index < -0.39 is 12.1 Å². The Hall–Kier alpha value is -2.73. The molecule has 0 spiro atoms. The highest BCUT2D eigenvalue weighted by molar-refractivity contribution is 6.31. The van der Waals surface area contributed by atoms with Crippen molar-refractivity contribution in [3.05, 3.63) is 64.7 Å². The molecule has 2 amide bonds. The van der Waals surface area contributed by atoms with E-state index in [-0.39, 0.29) is 11.8 Å². The van der Waals surface area contributed by atoms with Gasteiger partial charge in [-0.15, -0.1) is 0 Å². The standard InChI is InChI=1S/C18H15ClN4O2/c1-11-5-7-12(8-6-11)10-22-16-15(20-21-22)17(24)23(18(16)25)14-4-2-3-13(19)9-14/h2-9,15-16H,10H2,1H3. The maximum Gasteiger partial charge on any atom is 0.263 e. The predicted molar refractivity (Wildman–Crippen MR) is 93.1 cm³/mol. The van der Waals surface area contributed by atoms with Crippen molar-refractivity contribution in [1.82, 2.24) is 5.01 Å². The van der Waals surface area contributed by atoms with Crippen molar-refractivity contribution in [1.29, 1.82) is 0 Å². The second-order valence-corrected chi connectivity index (χ2v) is 6.61. The van der Waals surface area contributed by atoms with Gasteiger partial charge in [0.15, 0.2) is 12.1 Å². The van der Waals surface area contributed by atoms with Gasteiger partial charge in [-0.2, -0.15) is 5.11 Å². The van der Waals surface area contributed by atoms with Crippen LogP contribution in [-0.2, 0) is 16.1 Å². The quantitative estimate of drug-likeness (QED) is 0.795. The summed E-state index contributed by atoms with van der Waals surface area (Å²) in [4.78, 5) is 26.7. The first-order valence-electron chi connectivity index (χ1n) is 7.91. The number of imide groups is 1. The number of nitrogens with zero attached hydrogens (tertiary/aromatic N) is 4. The van der Waals surface area contributed by atoms with Gasteiger partial charge in [0, 0.05) is 5.02 Å². The lowest BCUT2D eigenvalue weighted by Gasteiger charge is -2.20. The Morgan fingerprint density at radius 2 is 1.84 bits per heavy atom. The molecule has 0 saturated carbocycles. The lowest BCUT2D eigenvalue weighted by atomic mass is 10.1. The average molecular weight is 355 g/mol. The van der Waals surface area contributed by atoms with Crippen LogP contribution in [0.2, 0.25) is 5.02 Å². The molecule has 0 bridgehead atoms. The zero-order valence-corrected chi connectivity index (χ0v) is 14.2. The number of halogens is 1. The van der Waals surface area contributed by atoms with Gasteiger partial charge in [-0.1, -0.05) is 52.7 Å². The maximum absolute atomic E-state index is 12.9. The van der Waals surface area contributed by atoms with Gasteiger partial charge in [-0.3, -0.25) is 14.6 Å². The summed E-state index contributed by atoms with van der Waals surface area (Å²) >= 11 is 5.99. The largest absolute Gasteiger partial charge is 0.271 e. The molecule has 1 saturated heterocycles. The fraction of sp³-hybridized carbons (Fsp3) is 0.222. The molecule has 7 heteroatoms. The first kappa shape index (κ1) is 15.8. The summed E-state index contributed by atoms with van der Waals surface area (Å²) in [5, 5.41) is 10.1. The summed E-state index contributed by atoms with van der Waals surface area (Å²) in [6.07, 6.45) is 0. The molecule has 25 heavy (non-hydrogen) atoms. The molecule has 2 heterocycles. The molecule has 0 radical (unpaired) electrons. The first-order valence-corrected chi connectivity index (χ1v) is 8.29. The van der Waals surface area contributed by atoms with Crippen LogP contribution < -0.4 is 4.90 Å². The minimum Gasteiger partial charge on any atom is -0.271 e. The molecule has 4 rings (SSSR count). The van der Waals surface area contributed by atoms with Gasteiger partial charge in [0.05, 0.1) is 12.2 Å². The summed E-state index contributed by atoms with van der Waals surface area (Å²) in [6.45, 7) is 2.44. The molecule has 0 N–H and O–H groups in total. The van der Waals surface area contributed by atoms with Crippen LogP contribution in [0, 0.1) is 6.92 Å². The van der Waals surface area contributed by atoms with Crippen molar-refractivity contribution >= 4 is 29.1 Å². The van der Waals surface area contributed by atoms with Crippen LogP contribution in [0.3, 0.4) is 0 Å². The number of aryl methyl sites for hydroxylation is 1. The number of carbonyl (C=O) groups excluding carboxylic acids is 2. The smallest absolute Gasteiger partial charge is 0.263 e. The van der Waals surface area contributed by atoms with Crippen LogP contribution in [0.25, 0.3) is 0 Å². The van der Waals surface area contributed by atoms with Gasteiger partial charge >= 0.3 is 0 Å². The minimum absolute atomic E-state index is 0.325. The van der Waals surface area contributed by atoms with Crippen LogP contribution in [0.5, 0.6) is 0 Å². The Labute approximate surface area is 149 Å². The van der Waals surface area contributed by atoms with Crippen LogP contribution in [0.4, 0.5) is 5.69 Å². The van der Waals surface area contributed by atoms with Crippen molar-refractivity contribution in [3.8, 4) is 0 Å². The van der Waals surface area contributed by atoms with E-state index in [0.717, 1.165) is 16.0 Å². The summed E-state index contributed by atoms with van der Waals surface area (Å²) in [7, 11) is 0. The van der Waals surface area contributed by atoms with Crippen molar-refractivity contribution in [2.75, 3.05) is 4.90 Å². The van der Waals surface area contributed by atoms with Crippen LogP contribution in [0.1, 0.15) is 11.1 Å². The minimum atomic E-state index is -0.795. The van der Waals surface area contributed by atoms with E-state index in [2.05, 4.69) is 10.3 Å². The molecule has 1 fully saturated rings. The van der Waals surface area contributed by atoms with Crippen LogP contribution in [0.15, 0.2) is 58.9 Å². The third-order valence-electron chi connectivity index (χ3n) is 4.39. The summed E-state index contributed by atoms with van der Waals surface area (Å²) in [6, 6.07) is 13.1. The molecule has 2 aliphatic heterocycles. The van der Waals surface area contributed by atoms with Gasteiger partial charge in [-0.05, 0) is 30.7 Å². The topological polar surface area (TPSA) is 65.3 Å². The highest BCUT2D eigenvalue weighted by atomic mass is 35.5. The lowest BCUT2D eigenvalue weighted by Crippen LogP contribution is -2.39. The van der Waals surface area contributed by atoms with E-state index in [1.165, 1.54) is 0 Å². The van der Waals surface area contributed by atoms with Crippen molar-refractivity contribution in [2.45, 2.75) is 25.6 Å². The van der Waals surface area contributed by atoms with E-state index in [1.807, 2.05) is 31.2 Å². The number of rotatable bonds is 3. The van der Waals surface area contributed by atoms with E-state index in [4.69, 9.17) is 11.6 Å². The summed E-state index contributed by atoms with van der Waals surface area (Å²) < 4.78 is 0. The lowest BCUT2D eigenvalue weighted by molar-refractivity contribution is -0.123. The molecule has 2 aliphatic rings. The second kappa shape index (κ2) is 5.97. The van der Waals surface area contributed by atoms with Gasteiger partial charge < -0.3 is 0 Å². The molecule has 2 atom stereocenters.